The molecular formula is C15H20BrN3O. The molecule has 4 nitrogen and oxygen atoms in total. The number of halogens is 1. The molecule has 0 amide bonds. The first kappa shape index (κ1) is 15.1. The minimum Gasteiger partial charge on any atom is -0.497 e. The van der Waals surface area contributed by atoms with Crippen molar-refractivity contribution in [3.8, 4) is 5.75 Å². The van der Waals surface area contributed by atoms with Gasteiger partial charge in [-0.1, -0.05) is 22.9 Å². The zero-order valence-electron chi connectivity index (χ0n) is 12.1. The minimum absolute atomic E-state index is 0.102. The fraction of sp³-hybridized carbons (Fsp3) is 0.400. The van der Waals surface area contributed by atoms with Crippen molar-refractivity contribution in [2.24, 2.45) is 0 Å². The van der Waals surface area contributed by atoms with Crippen LogP contribution in [0.25, 0.3) is 0 Å². The zero-order valence-corrected chi connectivity index (χ0v) is 13.6. The van der Waals surface area contributed by atoms with Gasteiger partial charge in [0.2, 0.25) is 0 Å². The maximum Gasteiger partial charge on any atom is 0.119 e. The van der Waals surface area contributed by atoms with E-state index in [2.05, 4.69) is 52.5 Å². The number of benzene rings is 1. The number of rotatable bonds is 6. The number of nitrogens with zero attached hydrogens (tertiary/aromatic N) is 2. The van der Waals surface area contributed by atoms with Crippen molar-refractivity contribution < 1.29 is 4.74 Å². The molecule has 0 saturated carbocycles. The van der Waals surface area contributed by atoms with Gasteiger partial charge in [-0.3, -0.25) is 4.68 Å². The van der Waals surface area contributed by atoms with Gasteiger partial charge in [-0.25, -0.2) is 0 Å². The highest BCUT2D eigenvalue weighted by Crippen LogP contribution is 2.31. The molecule has 0 bridgehead atoms. The summed E-state index contributed by atoms with van der Waals surface area (Å²) in [6.07, 6.45) is 4.00. The van der Waals surface area contributed by atoms with Crippen molar-refractivity contribution in [2.45, 2.75) is 26.4 Å². The largest absolute Gasteiger partial charge is 0.497 e. The third-order valence-electron chi connectivity index (χ3n) is 3.23. The minimum atomic E-state index is 0.102. The van der Waals surface area contributed by atoms with Gasteiger partial charge in [0.25, 0.3) is 0 Å². The van der Waals surface area contributed by atoms with Gasteiger partial charge in [-0.2, -0.15) is 5.10 Å². The second-order valence-corrected chi connectivity index (χ2v) is 5.36. The van der Waals surface area contributed by atoms with Crippen molar-refractivity contribution in [1.29, 1.82) is 0 Å². The van der Waals surface area contributed by atoms with Crippen LogP contribution in [-0.4, -0.2) is 23.4 Å². The smallest absolute Gasteiger partial charge is 0.119 e. The zero-order chi connectivity index (χ0) is 14.5. The van der Waals surface area contributed by atoms with E-state index in [0.29, 0.717) is 0 Å². The summed E-state index contributed by atoms with van der Waals surface area (Å²) in [6, 6.07) is 6.12. The Kier molecular flexibility index (Phi) is 5.20. The number of hydrogen-bond acceptors (Lipinski definition) is 3. The standard InChI is InChI=1S/C15H20BrN3O/c1-4-17-15(11-9-18-19(5-2)10-11)13-8-12(20-3)6-7-14(13)16/h6-10,15,17H,4-5H2,1-3H3. The Labute approximate surface area is 128 Å². The summed E-state index contributed by atoms with van der Waals surface area (Å²) in [7, 11) is 1.68. The molecule has 1 N–H and O–H groups in total. The molecule has 2 rings (SSSR count). The van der Waals surface area contributed by atoms with Crippen molar-refractivity contribution >= 4 is 15.9 Å². The third kappa shape index (κ3) is 3.22. The molecule has 0 aliphatic rings. The van der Waals surface area contributed by atoms with Crippen molar-refractivity contribution in [1.82, 2.24) is 15.1 Å². The second kappa shape index (κ2) is 6.90. The summed E-state index contributed by atoms with van der Waals surface area (Å²) in [5.74, 6) is 0.856. The fourth-order valence-corrected chi connectivity index (χ4v) is 2.66. The monoisotopic (exact) mass is 337 g/mol. The first-order valence-electron chi connectivity index (χ1n) is 6.78. The predicted molar refractivity (Wildman–Crippen MR) is 84.1 cm³/mol. The number of aromatic nitrogens is 2. The number of ether oxygens (including phenoxy) is 1. The van der Waals surface area contributed by atoms with Gasteiger partial charge >= 0.3 is 0 Å². The molecule has 0 aliphatic heterocycles. The van der Waals surface area contributed by atoms with Crippen molar-refractivity contribution in [3.05, 3.63) is 46.2 Å². The summed E-state index contributed by atoms with van der Waals surface area (Å²) >= 11 is 3.63. The summed E-state index contributed by atoms with van der Waals surface area (Å²) < 4.78 is 8.33. The Morgan fingerprint density at radius 1 is 1.40 bits per heavy atom. The molecular weight excluding hydrogens is 318 g/mol. The normalized spacial score (nSPS) is 12.4. The molecule has 0 spiro atoms. The maximum atomic E-state index is 5.33. The number of aryl methyl sites for hydroxylation is 1. The Bertz CT molecular complexity index is 568. The van der Waals surface area contributed by atoms with Crippen molar-refractivity contribution in [3.63, 3.8) is 0 Å². The SMILES string of the molecule is CCNC(c1cnn(CC)c1)c1cc(OC)ccc1Br. The molecule has 1 aromatic heterocycles. The highest BCUT2D eigenvalue weighted by molar-refractivity contribution is 9.10. The molecule has 20 heavy (non-hydrogen) atoms. The first-order valence-corrected chi connectivity index (χ1v) is 7.58. The molecule has 0 fully saturated rings. The summed E-state index contributed by atoms with van der Waals surface area (Å²) in [4.78, 5) is 0. The van der Waals surface area contributed by atoms with Crippen LogP contribution >= 0.6 is 15.9 Å². The Morgan fingerprint density at radius 3 is 2.80 bits per heavy atom. The van der Waals surface area contributed by atoms with Gasteiger partial charge < -0.3 is 10.1 Å². The molecule has 1 atom stereocenters. The Hall–Kier alpha value is -1.33. The Balaban J connectivity index is 2.41. The van der Waals surface area contributed by atoms with E-state index in [1.807, 2.05) is 23.0 Å². The summed E-state index contributed by atoms with van der Waals surface area (Å²) in [6.45, 7) is 5.94. The van der Waals surface area contributed by atoms with Gasteiger partial charge in [0.15, 0.2) is 0 Å². The predicted octanol–water partition coefficient (Wildman–Crippen LogP) is 3.37. The van der Waals surface area contributed by atoms with Crippen LogP contribution in [-0.2, 0) is 6.54 Å². The van der Waals surface area contributed by atoms with Gasteiger partial charge in [0.05, 0.1) is 19.3 Å². The van der Waals surface area contributed by atoms with Crippen LogP contribution < -0.4 is 10.1 Å². The van der Waals surface area contributed by atoms with Crippen LogP contribution in [0.5, 0.6) is 5.75 Å². The molecule has 0 radical (unpaired) electrons. The van der Waals surface area contributed by atoms with E-state index >= 15 is 0 Å². The van der Waals surface area contributed by atoms with Crippen LogP contribution in [0.15, 0.2) is 35.1 Å². The highest BCUT2D eigenvalue weighted by atomic mass is 79.9. The topological polar surface area (TPSA) is 39.1 Å². The van der Waals surface area contributed by atoms with Crippen LogP contribution in [0.4, 0.5) is 0 Å². The third-order valence-corrected chi connectivity index (χ3v) is 3.96. The lowest BCUT2D eigenvalue weighted by Crippen LogP contribution is -2.22. The fourth-order valence-electron chi connectivity index (χ4n) is 2.18. The molecule has 2 aromatic rings. The van der Waals surface area contributed by atoms with Crippen LogP contribution in [0.1, 0.15) is 31.0 Å². The molecule has 5 heteroatoms. The molecule has 1 heterocycles. The lowest BCUT2D eigenvalue weighted by molar-refractivity contribution is 0.413. The van der Waals surface area contributed by atoms with E-state index in [0.717, 1.165) is 34.4 Å². The quantitative estimate of drug-likeness (QED) is 0.878. The number of hydrogen-bond donors (Lipinski definition) is 1. The van der Waals surface area contributed by atoms with E-state index in [-0.39, 0.29) is 6.04 Å². The van der Waals surface area contributed by atoms with E-state index < -0.39 is 0 Å². The molecule has 1 unspecified atom stereocenters. The first-order chi connectivity index (χ1) is 9.69. The molecule has 0 saturated heterocycles. The molecule has 1 aromatic carbocycles. The van der Waals surface area contributed by atoms with Crippen LogP contribution in [0.3, 0.4) is 0 Å². The van der Waals surface area contributed by atoms with E-state index in [4.69, 9.17) is 4.74 Å². The number of nitrogens with one attached hydrogen (secondary N) is 1. The van der Waals surface area contributed by atoms with Gasteiger partial charge in [-0.05, 0) is 37.2 Å². The average molecular weight is 338 g/mol. The van der Waals surface area contributed by atoms with Crippen molar-refractivity contribution in [2.75, 3.05) is 13.7 Å². The highest BCUT2D eigenvalue weighted by Gasteiger charge is 2.18. The lowest BCUT2D eigenvalue weighted by atomic mass is 10.0. The Morgan fingerprint density at radius 2 is 2.20 bits per heavy atom. The lowest BCUT2D eigenvalue weighted by Gasteiger charge is -2.19. The summed E-state index contributed by atoms with van der Waals surface area (Å²) in [5, 5.41) is 7.87. The average Bonchev–Trinajstić information content (AvgIpc) is 2.94. The number of methoxy groups -OCH3 is 1. The van der Waals surface area contributed by atoms with E-state index in [9.17, 15) is 0 Å². The second-order valence-electron chi connectivity index (χ2n) is 4.51. The molecule has 108 valence electrons. The van der Waals surface area contributed by atoms with E-state index in [1.165, 1.54) is 0 Å². The van der Waals surface area contributed by atoms with Gasteiger partial charge in [0.1, 0.15) is 5.75 Å². The van der Waals surface area contributed by atoms with Gasteiger partial charge in [-0.15, -0.1) is 0 Å². The van der Waals surface area contributed by atoms with Gasteiger partial charge in [0, 0.05) is 22.8 Å². The van der Waals surface area contributed by atoms with E-state index in [1.54, 1.807) is 7.11 Å². The maximum absolute atomic E-state index is 5.33. The molecule has 0 aliphatic carbocycles. The van der Waals surface area contributed by atoms with Crippen LogP contribution in [0.2, 0.25) is 0 Å². The summed E-state index contributed by atoms with van der Waals surface area (Å²) in [5.41, 5.74) is 2.31. The van der Waals surface area contributed by atoms with Crippen LogP contribution in [0, 0.1) is 0 Å².